The lowest BCUT2D eigenvalue weighted by molar-refractivity contribution is -0.146. The lowest BCUT2D eigenvalue weighted by Crippen LogP contribution is -2.41. The highest BCUT2D eigenvalue weighted by atomic mass is 16.5. The fourth-order valence-electron chi connectivity index (χ4n) is 2.13. The van der Waals surface area contributed by atoms with Gasteiger partial charge in [-0.15, -0.1) is 0 Å². The largest absolute Gasteiger partial charge is 0.469 e. The minimum Gasteiger partial charge on any atom is -0.469 e. The predicted octanol–water partition coefficient (Wildman–Crippen LogP) is 1.43. The lowest BCUT2D eigenvalue weighted by atomic mass is 10.1. The van der Waals surface area contributed by atoms with Gasteiger partial charge in [0.05, 0.1) is 19.4 Å². The Labute approximate surface area is 132 Å². The maximum absolute atomic E-state index is 12.5. The summed E-state index contributed by atoms with van der Waals surface area (Å²) in [5.74, 6) is -0.585. The number of hydrogen-bond acceptors (Lipinski definition) is 4. The molecule has 1 atom stereocenters. The minimum absolute atomic E-state index is 0.0313. The maximum Gasteiger partial charge on any atom is 0.310 e. The topological polar surface area (TPSA) is 49.9 Å². The first-order valence-electron chi connectivity index (χ1n) is 7.48. The van der Waals surface area contributed by atoms with E-state index >= 15 is 0 Å². The Bertz CT molecular complexity index is 474. The molecule has 0 bridgehead atoms. The molecule has 0 fully saturated rings. The van der Waals surface area contributed by atoms with Gasteiger partial charge in [-0.2, -0.15) is 0 Å². The summed E-state index contributed by atoms with van der Waals surface area (Å²) in [5, 5.41) is 0. The molecule has 1 aromatic carbocycles. The maximum atomic E-state index is 12.5. The third-order valence-corrected chi connectivity index (χ3v) is 3.47. The van der Waals surface area contributed by atoms with Crippen molar-refractivity contribution in [2.45, 2.75) is 13.3 Å². The molecule has 0 aliphatic rings. The van der Waals surface area contributed by atoms with Gasteiger partial charge in [-0.25, -0.2) is 0 Å². The SMILES string of the molecule is COC(=O)C(C)CN(CCN(C)C)C(=O)Cc1ccccc1. The normalized spacial score (nSPS) is 12.0. The van der Waals surface area contributed by atoms with Crippen LogP contribution in [0.25, 0.3) is 0 Å². The number of amides is 1. The van der Waals surface area contributed by atoms with Crippen LogP contribution in [-0.2, 0) is 20.7 Å². The monoisotopic (exact) mass is 306 g/mol. The Morgan fingerprint density at radius 2 is 1.77 bits per heavy atom. The highest BCUT2D eigenvalue weighted by Gasteiger charge is 2.21. The Morgan fingerprint density at radius 1 is 1.14 bits per heavy atom. The van der Waals surface area contributed by atoms with Gasteiger partial charge in [0.25, 0.3) is 0 Å². The first kappa shape index (κ1) is 18.2. The van der Waals surface area contributed by atoms with Crippen molar-refractivity contribution >= 4 is 11.9 Å². The number of methoxy groups -OCH3 is 1. The van der Waals surface area contributed by atoms with E-state index in [2.05, 4.69) is 0 Å². The molecule has 122 valence electrons. The Hall–Kier alpha value is -1.88. The van der Waals surface area contributed by atoms with Gasteiger partial charge in [0.2, 0.25) is 5.91 Å². The van der Waals surface area contributed by atoms with Gasteiger partial charge in [0, 0.05) is 19.6 Å². The first-order valence-corrected chi connectivity index (χ1v) is 7.48. The summed E-state index contributed by atoms with van der Waals surface area (Å²) >= 11 is 0. The number of benzene rings is 1. The number of esters is 1. The predicted molar refractivity (Wildman–Crippen MR) is 86.5 cm³/mol. The second kappa shape index (κ2) is 9.20. The molecule has 0 saturated heterocycles. The molecule has 0 spiro atoms. The highest BCUT2D eigenvalue weighted by molar-refractivity contribution is 5.80. The van der Waals surface area contributed by atoms with Crippen molar-refractivity contribution < 1.29 is 14.3 Å². The van der Waals surface area contributed by atoms with Crippen molar-refractivity contribution in [3.8, 4) is 0 Å². The molecule has 0 aromatic heterocycles. The van der Waals surface area contributed by atoms with Crippen LogP contribution in [0.2, 0.25) is 0 Å². The van der Waals surface area contributed by atoms with Gasteiger partial charge >= 0.3 is 5.97 Å². The molecule has 0 saturated carbocycles. The van der Waals surface area contributed by atoms with Crippen LogP contribution in [0.15, 0.2) is 30.3 Å². The van der Waals surface area contributed by atoms with Crippen molar-refractivity contribution in [2.75, 3.05) is 40.8 Å². The molecule has 1 rings (SSSR count). The van der Waals surface area contributed by atoms with E-state index < -0.39 is 0 Å². The third-order valence-electron chi connectivity index (χ3n) is 3.47. The summed E-state index contributed by atoms with van der Waals surface area (Å²) in [6, 6.07) is 9.64. The summed E-state index contributed by atoms with van der Waals surface area (Å²) < 4.78 is 4.75. The average molecular weight is 306 g/mol. The molecule has 5 heteroatoms. The summed E-state index contributed by atoms with van der Waals surface area (Å²) in [5.41, 5.74) is 0.980. The Kier molecular flexibility index (Phi) is 7.60. The molecule has 22 heavy (non-hydrogen) atoms. The van der Waals surface area contributed by atoms with Crippen molar-refractivity contribution in [3.05, 3.63) is 35.9 Å². The first-order chi connectivity index (χ1) is 10.4. The smallest absolute Gasteiger partial charge is 0.310 e. The number of ether oxygens (including phenoxy) is 1. The molecule has 0 aliphatic carbocycles. The Balaban J connectivity index is 2.71. The van der Waals surface area contributed by atoms with E-state index in [-0.39, 0.29) is 17.8 Å². The van der Waals surface area contributed by atoms with Crippen molar-refractivity contribution in [1.29, 1.82) is 0 Å². The van der Waals surface area contributed by atoms with Gasteiger partial charge in [-0.1, -0.05) is 37.3 Å². The molecule has 5 nitrogen and oxygen atoms in total. The van der Waals surface area contributed by atoms with Gasteiger partial charge in [-0.05, 0) is 19.7 Å². The number of carbonyl (C=O) groups is 2. The van der Waals surface area contributed by atoms with E-state index in [4.69, 9.17) is 4.74 Å². The minimum atomic E-state index is -0.327. The number of nitrogens with zero attached hydrogens (tertiary/aromatic N) is 2. The molecule has 1 aromatic rings. The summed E-state index contributed by atoms with van der Waals surface area (Å²) in [6.07, 6.45) is 0.349. The quantitative estimate of drug-likeness (QED) is 0.682. The van der Waals surface area contributed by atoms with E-state index in [9.17, 15) is 9.59 Å². The van der Waals surface area contributed by atoms with Crippen LogP contribution in [0.5, 0.6) is 0 Å². The summed E-state index contributed by atoms with van der Waals surface area (Å²) in [4.78, 5) is 27.9. The fourth-order valence-corrected chi connectivity index (χ4v) is 2.13. The summed E-state index contributed by atoms with van der Waals surface area (Å²) in [7, 11) is 5.29. The molecule has 0 heterocycles. The molecule has 0 aliphatic heterocycles. The zero-order valence-corrected chi connectivity index (χ0v) is 13.9. The van der Waals surface area contributed by atoms with Crippen LogP contribution < -0.4 is 0 Å². The molecule has 0 radical (unpaired) electrons. The van der Waals surface area contributed by atoms with E-state index in [1.807, 2.05) is 49.3 Å². The second-order valence-electron chi connectivity index (χ2n) is 5.73. The van der Waals surface area contributed by atoms with Crippen LogP contribution in [-0.4, -0.2) is 62.5 Å². The Morgan fingerprint density at radius 3 is 2.32 bits per heavy atom. The van der Waals surface area contributed by atoms with E-state index in [0.29, 0.717) is 19.5 Å². The van der Waals surface area contributed by atoms with Gasteiger partial charge in [0.1, 0.15) is 0 Å². The standard InChI is InChI=1S/C17H26N2O3/c1-14(17(21)22-4)13-19(11-10-18(2)3)16(20)12-15-8-6-5-7-9-15/h5-9,14H,10-13H2,1-4H3. The van der Waals surface area contributed by atoms with Crippen molar-refractivity contribution in [3.63, 3.8) is 0 Å². The number of carbonyl (C=O) groups excluding carboxylic acids is 2. The fraction of sp³-hybridized carbons (Fsp3) is 0.529. The van der Waals surface area contributed by atoms with E-state index in [0.717, 1.165) is 12.1 Å². The number of rotatable bonds is 8. The number of likely N-dealkylation sites (N-methyl/N-ethyl adjacent to an activating group) is 1. The molecule has 1 amide bonds. The van der Waals surface area contributed by atoms with Crippen LogP contribution in [0.1, 0.15) is 12.5 Å². The van der Waals surface area contributed by atoms with Gasteiger partial charge in [0.15, 0.2) is 0 Å². The zero-order valence-electron chi connectivity index (χ0n) is 13.9. The third kappa shape index (κ3) is 6.26. The van der Waals surface area contributed by atoms with Crippen LogP contribution in [0.3, 0.4) is 0 Å². The number of hydrogen-bond donors (Lipinski definition) is 0. The van der Waals surface area contributed by atoms with Crippen molar-refractivity contribution in [2.24, 2.45) is 5.92 Å². The molecular formula is C17H26N2O3. The van der Waals surface area contributed by atoms with E-state index in [1.165, 1.54) is 7.11 Å². The van der Waals surface area contributed by atoms with Crippen LogP contribution in [0, 0.1) is 5.92 Å². The zero-order chi connectivity index (χ0) is 16.5. The molecule has 1 unspecified atom stereocenters. The van der Waals surface area contributed by atoms with Crippen molar-refractivity contribution in [1.82, 2.24) is 9.80 Å². The van der Waals surface area contributed by atoms with Gasteiger partial charge in [-0.3, -0.25) is 9.59 Å². The summed E-state index contributed by atoms with van der Waals surface area (Å²) in [6.45, 7) is 3.52. The lowest BCUT2D eigenvalue weighted by Gasteiger charge is -2.26. The average Bonchev–Trinajstić information content (AvgIpc) is 2.50. The molecule has 0 N–H and O–H groups in total. The van der Waals surface area contributed by atoms with Gasteiger partial charge < -0.3 is 14.5 Å². The second-order valence-corrected chi connectivity index (χ2v) is 5.73. The highest BCUT2D eigenvalue weighted by Crippen LogP contribution is 2.07. The molecular weight excluding hydrogens is 280 g/mol. The van der Waals surface area contributed by atoms with E-state index in [1.54, 1.807) is 11.8 Å². The van der Waals surface area contributed by atoms with Crippen LogP contribution >= 0.6 is 0 Å². The van der Waals surface area contributed by atoms with Crippen LogP contribution in [0.4, 0.5) is 0 Å².